The van der Waals surface area contributed by atoms with Crippen LogP contribution >= 0.6 is 0 Å². The maximum Gasteiger partial charge on any atom is 0.377 e. The Morgan fingerprint density at radius 2 is 1.83 bits per heavy atom. The van der Waals surface area contributed by atoms with E-state index in [9.17, 15) is 4.79 Å². The molecule has 4 N–H and O–H groups in total. The van der Waals surface area contributed by atoms with Crippen molar-refractivity contribution in [2.75, 3.05) is 19.8 Å². The third-order valence-corrected chi connectivity index (χ3v) is 0.941. The van der Waals surface area contributed by atoms with E-state index >= 15 is 0 Å². The molecule has 0 aromatic heterocycles. The van der Waals surface area contributed by atoms with Crippen molar-refractivity contribution in [3.8, 4) is 0 Å². The first-order chi connectivity index (χ1) is 5.63. The van der Waals surface area contributed by atoms with Crippen molar-refractivity contribution in [2.24, 2.45) is 0 Å². The molecular formula is C6H10O6. The van der Waals surface area contributed by atoms with E-state index in [1.807, 2.05) is 0 Å². The van der Waals surface area contributed by atoms with Crippen molar-refractivity contribution in [1.82, 2.24) is 0 Å². The summed E-state index contributed by atoms with van der Waals surface area (Å²) in [6.07, 6.45) is 0. The van der Waals surface area contributed by atoms with Crippen LogP contribution in [0.1, 0.15) is 0 Å². The van der Waals surface area contributed by atoms with Gasteiger partial charge in [0, 0.05) is 0 Å². The Morgan fingerprint density at radius 1 is 1.25 bits per heavy atom. The first kappa shape index (κ1) is 10.7. The molecule has 0 aliphatic carbocycles. The Morgan fingerprint density at radius 3 is 2.25 bits per heavy atom. The number of aliphatic hydroxyl groups is 4. The molecule has 0 rings (SSSR count). The molecule has 0 radical (unpaired) electrons. The third-order valence-electron chi connectivity index (χ3n) is 0.941. The van der Waals surface area contributed by atoms with Crippen LogP contribution in [0.5, 0.6) is 0 Å². The van der Waals surface area contributed by atoms with Gasteiger partial charge in [-0.25, -0.2) is 4.79 Å². The number of carbonyl (C=O) groups is 1. The minimum absolute atomic E-state index is 0.276. The molecule has 0 aromatic carbocycles. The van der Waals surface area contributed by atoms with Crippen LogP contribution in [0.15, 0.2) is 11.5 Å². The minimum atomic E-state index is -1.18. The molecule has 6 heteroatoms. The fourth-order valence-corrected chi connectivity index (χ4v) is 0.399. The van der Waals surface area contributed by atoms with Gasteiger partial charge in [-0.2, -0.15) is 0 Å². The number of hydrogen-bond donors (Lipinski definition) is 4. The van der Waals surface area contributed by atoms with Crippen molar-refractivity contribution in [3.63, 3.8) is 0 Å². The molecule has 0 heterocycles. The number of hydrogen-bond acceptors (Lipinski definition) is 6. The molecule has 70 valence electrons. The molecule has 0 fully saturated rings. The number of esters is 1. The first-order valence-electron chi connectivity index (χ1n) is 3.13. The lowest BCUT2D eigenvalue weighted by Gasteiger charge is -2.02. The lowest BCUT2D eigenvalue weighted by atomic mass is 10.4. The average Bonchev–Trinajstić information content (AvgIpc) is 2.11. The standard InChI is InChI=1S/C6H10O6/c7-1-2-12-6(11)5(10)4(9)3-8/h7-10H,1-3H2/b5-4-. The average molecular weight is 178 g/mol. The predicted molar refractivity (Wildman–Crippen MR) is 37.4 cm³/mol. The van der Waals surface area contributed by atoms with Crippen molar-refractivity contribution < 1.29 is 30.0 Å². The molecule has 0 spiro atoms. The fraction of sp³-hybridized carbons (Fsp3) is 0.500. The molecule has 0 aliphatic rings. The molecule has 0 saturated heterocycles. The van der Waals surface area contributed by atoms with E-state index in [1.165, 1.54) is 0 Å². The van der Waals surface area contributed by atoms with Crippen LogP contribution in [-0.4, -0.2) is 46.2 Å². The summed E-state index contributed by atoms with van der Waals surface area (Å²) in [5, 5.41) is 33.8. The summed E-state index contributed by atoms with van der Waals surface area (Å²) in [5.41, 5.74) is 0. The Hall–Kier alpha value is -1.27. The predicted octanol–water partition coefficient (Wildman–Crippen LogP) is -1.16. The van der Waals surface area contributed by atoms with E-state index < -0.39 is 24.1 Å². The largest absolute Gasteiger partial charge is 0.506 e. The molecule has 0 atom stereocenters. The lowest BCUT2D eigenvalue weighted by Crippen LogP contribution is -2.13. The normalized spacial score (nSPS) is 12.2. The zero-order valence-electron chi connectivity index (χ0n) is 6.23. The van der Waals surface area contributed by atoms with E-state index in [4.69, 9.17) is 20.4 Å². The van der Waals surface area contributed by atoms with Gasteiger partial charge < -0.3 is 25.2 Å². The topological polar surface area (TPSA) is 107 Å². The van der Waals surface area contributed by atoms with Crippen LogP contribution in [0.2, 0.25) is 0 Å². The van der Waals surface area contributed by atoms with Gasteiger partial charge in [-0.15, -0.1) is 0 Å². The van der Waals surface area contributed by atoms with E-state index in [2.05, 4.69) is 4.74 Å². The summed E-state index contributed by atoms with van der Waals surface area (Å²) in [4.78, 5) is 10.6. The van der Waals surface area contributed by atoms with Crippen molar-refractivity contribution in [2.45, 2.75) is 0 Å². The molecule has 0 bridgehead atoms. The lowest BCUT2D eigenvalue weighted by molar-refractivity contribution is -0.143. The molecular weight excluding hydrogens is 168 g/mol. The molecule has 12 heavy (non-hydrogen) atoms. The van der Waals surface area contributed by atoms with E-state index in [0.717, 1.165) is 0 Å². The van der Waals surface area contributed by atoms with Crippen LogP contribution < -0.4 is 0 Å². The Kier molecular flexibility index (Phi) is 4.82. The van der Waals surface area contributed by atoms with Gasteiger partial charge >= 0.3 is 5.97 Å². The smallest absolute Gasteiger partial charge is 0.377 e. The van der Waals surface area contributed by atoms with Crippen molar-refractivity contribution in [1.29, 1.82) is 0 Å². The Balaban J connectivity index is 4.09. The SMILES string of the molecule is O=C(OCCO)/C(O)=C(/O)CO. The number of carbonyl (C=O) groups excluding carboxylic acids is 1. The highest BCUT2D eigenvalue weighted by Gasteiger charge is 2.13. The van der Waals surface area contributed by atoms with Gasteiger partial charge in [0.05, 0.1) is 6.61 Å². The number of rotatable bonds is 4. The quantitative estimate of drug-likeness (QED) is 0.246. The second kappa shape index (κ2) is 5.39. The monoisotopic (exact) mass is 178 g/mol. The number of ether oxygens (including phenoxy) is 1. The Bertz CT molecular complexity index is 184. The first-order valence-corrected chi connectivity index (χ1v) is 3.13. The zero-order valence-corrected chi connectivity index (χ0v) is 6.23. The number of aliphatic hydroxyl groups excluding tert-OH is 4. The zero-order chi connectivity index (χ0) is 9.56. The van der Waals surface area contributed by atoms with Gasteiger partial charge in [0.1, 0.15) is 13.2 Å². The highest BCUT2D eigenvalue weighted by atomic mass is 16.6. The maximum absolute atomic E-state index is 10.6. The van der Waals surface area contributed by atoms with Crippen LogP contribution in [0.25, 0.3) is 0 Å². The third kappa shape index (κ3) is 3.22. The summed E-state index contributed by atoms with van der Waals surface area (Å²) >= 11 is 0. The molecule has 0 unspecified atom stereocenters. The minimum Gasteiger partial charge on any atom is -0.506 e. The molecule has 6 nitrogen and oxygen atoms in total. The van der Waals surface area contributed by atoms with Gasteiger partial charge in [-0.05, 0) is 0 Å². The fourth-order valence-electron chi connectivity index (χ4n) is 0.399. The second-order valence-corrected chi connectivity index (χ2v) is 1.81. The van der Waals surface area contributed by atoms with Crippen LogP contribution in [0.3, 0.4) is 0 Å². The van der Waals surface area contributed by atoms with Gasteiger partial charge in [0.15, 0.2) is 5.76 Å². The summed E-state index contributed by atoms with van der Waals surface area (Å²) in [7, 11) is 0. The van der Waals surface area contributed by atoms with E-state index in [-0.39, 0.29) is 13.2 Å². The highest BCUT2D eigenvalue weighted by Crippen LogP contribution is 1.98. The van der Waals surface area contributed by atoms with Gasteiger partial charge in [0.25, 0.3) is 0 Å². The van der Waals surface area contributed by atoms with E-state index in [0.29, 0.717) is 0 Å². The molecule has 0 amide bonds. The van der Waals surface area contributed by atoms with Crippen molar-refractivity contribution >= 4 is 5.97 Å². The van der Waals surface area contributed by atoms with Crippen LogP contribution in [0, 0.1) is 0 Å². The Labute approximate surface area is 68.3 Å². The highest BCUT2D eigenvalue weighted by molar-refractivity contribution is 5.86. The summed E-state index contributed by atoms with van der Waals surface area (Å²) < 4.78 is 4.21. The molecule has 0 aliphatic heterocycles. The maximum atomic E-state index is 10.6. The molecule has 0 aromatic rings. The molecule has 0 saturated carbocycles. The summed E-state index contributed by atoms with van der Waals surface area (Å²) in [5.74, 6) is -3.10. The summed E-state index contributed by atoms with van der Waals surface area (Å²) in [6.45, 7) is -1.50. The van der Waals surface area contributed by atoms with Gasteiger partial charge in [-0.3, -0.25) is 0 Å². The van der Waals surface area contributed by atoms with Crippen LogP contribution in [-0.2, 0) is 9.53 Å². The summed E-state index contributed by atoms with van der Waals surface area (Å²) in [6, 6.07) is 0. The van der Waals surface area contributed by atoms with Gasteiger partial charge in [0.2, 0.25) is 5.76 Å². The van der Waals surface area contributed by atoms with Gasteiger partial charge in [-0.1, -0.05) is 0 Å². The van der Waals surface area contributed by atoms with Crippen LogP contribution in [0.4, 0.5) is 0 Å². The van der Waals surface area contributed by atoms with E-state index in [1.54, 1.807) is 0 Å². The second-order valence-electron chi connectivity index (χ2n) is 1.81. The van der Waals surface area contributed by atoms with Crippen molar-refractivity contribution in [3.05, 3.63) is 11.5 Å².